The minimum absolute atomic E-state index is 0.408. The van der Waals surface area contributed by atoms with E-state index in [2.05, 4.69) is 9.88 Å². The van der Waals surface area contributed by atoms with E-state index < -0.39 is 12.3 Å². The third-order valence-corrected chi connectivity index (χ3v) is 5.32. The Balaban J connectivity index is 1.92. The average Bonchev–Trinajstić information content (AvgIpc) is 2.98. The van der Waals surface area contributed by atoms with E-state index in [-0.39, 0.29) is 0 Å². The van der Waals surface area contributed by atoms with Gasteiger partial charge in [0.25, 0.3) is 0 Å². The van der Waals surface area contributed by atoms with Gasteiger partial charge in [0.15, 0.2) is 0 Å². The second-order valence-electron chi connectivity index (χ2n) is 6.75. The number of aliphatic hydroxyl groups excluding tert-OH is 1. The maximum Gasteiger partial charge on any atom is 0.130 e. The van der Waals surface area contributed by atoms with Gasteiger partial charge in [-0.05, 0) is 55.5 Å². The normalized spacial score (nSPS) is 13.6. The number of hydrogen-bond acceptors (Lipinski definition) is 3. The number of aromatic nitrogens is 1. The zero-order valence-electron chi connectivity index (χ0n) is 15.5. The predicted molar refractivity (Wildman–Crippen MR) is 117 cm³/mol. The fraction of sp³-hybridized carbons (Fsp3) is 0.182. The molecule has 0 bridgehead atoms. The first-order valence-corrected chi connectivity index (χ1v) is 9.71. The number of ether oxygens (including phenoxy) is 1. The molecule has 0 aliphatic rings. The summed E-state index contributed by atoms with van der Waals surface area (Å²) in [5.41, 5.74) is 2.77. The smallest absolute Gasteiger partial charge is 0.130 e. The Morgan fingerprint density at radius 2 is 1.54 bits per heavy atom. The molecule has 6 heteroatoms. The number of benzene rings is 3. The summed E-state index contributed by atoms with van der Waals surface area (Å²) in [7, 11) is 1.63. The molecule has 0 aliphatic heterocycles. The largest absolute Gasteiger partial charge is 0.497 e. The Morgan fingerprint density at radius 3 is 2.07 bits per heavy atom. The Hall–Kier alpha value is -2.40. The molecule has 0 aliphatic carbocycles. The van der Waals surface area contributed by atoms with Gasteiger partial charge in [-0.3, -0.25) is 0 Å². The molecule has 0 fully saturated rings. The molecule has 2 unspecified atom stereocenters. The van der Waals surface area contributed by atoms with Crippen molar-refractivity contribution in [3.8, 4) is 5.75 Å². The van der Waals surface area contributed by atoms with E-state index in [1.165, 1.54) is 0 Å². The molecular formula is C22H20Cl2N2O2. The summed E-state index contributed by atoms with van der Waals surface area (Å²) >= 11 is 12.5. The Labute approximate surface area is 173 Å². The van der Waals surface area contributed by atoms with Crippen LogP contribution in [0.25, 0.3) is 21.8 Å². The molecule has 0 saturated heterocycles. The highest BCUT2D eigenvalue weighted by molar-refractivity contribution is 6.33. The molecule has 4 nitrogen and oxygen atoms in total. The van der Waals surface area contributed by atoms with Gasteiger partial charge in [-0.2, -0.15) is 0 Å². The molecule has 1 aromatic heterocycles. The number of halogens is 2. The summed E-state index contributed by atoms with van der Waals surface area (Å²) in [6.07, 6.45) is -1.08. The summed E-state index contributed by atoms with van der Waals surface area (Å²) in [4.78, 5) is 0. The molecule has 144 valence electrons. The third kappa shape index (κ3) is 3.39. The van der Waals surface area contributed by atoms with E-state index >= 15 is 0 Å². The molecule has 28 heavy (non-hydrogen) atoms. The zero-order valence-corrected chi connectivity index (χ0v) is 17.0. The molecule has 0 radical (unpaired) electrons. The van der Waals surface area contributed by atoms with Crippen LogP contribution in [0.15, 0.2) is 60.7 Å². The lowest BCUT2D eigenvalue weighted by Gasteiger charge is -2.26. The summed E-state index contributed by atoms with van der Waals surface area (Å²) in [5, 5.41) is 17.4. The minimum atomic E-state index is -0.670. The first-order chi connectivity index (χ1) is 13.5. The van der Waals surface area contributed by atoms with Crippen LogP contribution in [-0.4, -0.2) is 22.9 Å². The third-order valence-electron chi connectivity index (χ3n) is 4.85. The summed E-state index contributed by atoms with van der Waals surface area (Å²) < 4.78 is 7.40. The van der Waals surface area contributed by atoms with E-state index in [9.17, 15) is 5.11 Å². The number of methoxy groups -OCH3 is 1. The fourth-order valence-electron chi connectivity index (χ4n) is 3.58. The van der Waals surface area contributed by atoms with E-state index in [1.54, 1.807) is 14.0 Å². The molecule has 0 amide bonds. The Morgan fingerprint density at radius 1 is 0.929 bits per heavy atom. The van der Waals surface area contributed by atoms with Crippen molar-refractivity contribution in [1.29, 1.82) is 0 Å². The first-order valence-electron chi connectivity index (χ1n) is 8.95. The predicted octanol–water partition coefficient (Wildman–Crippen LogP) is 6.10. The minimum Gasteiger partial charge on any atom is -0.497 e. The van der Waals surface area contributed by atoms with Gasteiger partial charge in [-0.15, -0.1) is 0 Å². The quantitative estimate of drug-likeness (QED) is 0.414. The van der Waals surface area contributed by atoms with Gasteiger partial charge in [0.05, 0.1) is 24.2 Å². The average molecular weight is 415 g/mol. The van der Waals surface area contributed by atoms with Crippen molar-refractivity contribution in [3.63, 3.8) is 0 Å². The lowest BCUT2D eigenvalue weighted by Crippen LogP contribution is -2.28. The van der Waals surface area contributed by atoms with Crippen LogP contribution in [0.1, 0.15) is 13.1 Å². The number of fused-ring (bicyclic) bond motifs is 3. The second-order valence-corrected chi connectivity index (χ2v) is 7.63. The summed E-state index contributed by atoms with van der Waals surface area (Å²) in [5.74, 6) is 0.745. The number of aliphatic hydroxyl groups is 1. The number of rotatable bonds is 5. The van der Waals surface area contributed by atoms with Crippen LogP contribution in [0.2, 0.25) is 10.0 Å². The van der Waals surface area contributed by atoms with E-state index in [1.807, 2.05) is 60.7 Å². The van der Waals surface area contributed by atoms with Crippen molar-refractivity contribution < 1.29 is 9.84 Å². The van der Waals surface area contributed by atoms with Crippen LogP contribution in [0.5, 0.6) is 5.75 Å². The van der Waals surface area contributed by atoms with Crippen molar-refractivity contribution in [1.82, 2.24) is 4.57 Å². The highest BCUT2D eigenvalue weighted by Crippen LogP contribution is 2.36. The number of hydrogen-bond donors (Lipinski definition) is 2. The van der Waals surface area contributed by atoms with Crippen molar-refractivity contribution in [2.75, 3.05) is 12.4 Å². The van der Waals surface area contributed by atoms with Crippen molar-refractivity contribution in [3.05, 3.63) is 70.7 Å². The lowest BCUT2D eigenvalue weighted by molar-refractivity contribution is 0.147. The van der Waals surface area contributed by atoms with Gasteiger partial charge in [0, 0.05) is 32.6 Å². The maximum atomic E-state index is 10.6. The first kappa shape index (κ1) is 18.9. The van der Waals surface area contributed by atoms with Crippen molar-refractivity contribution in [2.45, 2.75) is 19.2 Å². The van der Waals surface area contributed by atoms with E-state index in [4.69, 9.17) is 27.9 Å². The molecule has 4 rings (SSSR count). The molecule has 0 saturated carbocycles. The van der Waals surface area contributed by atoms with Crippen LogP contribution in [0, 0.1) is 0 Å². The summed E-state index contributed by atoms with van der Waals surface area (Å²) in [6, 6.07) is 19.1. The molecule has 2 N–H and O–H groups in total. The number of nitrogens with zero attached hydrogens (tertiary/aromatic N) is 1. The Kier molecular flexibility index (Phi) is 5.11. The highest BCUT2D eigenvalue weighted by atomic mass is 35.5. The number of anilines is 1. The second kappa shape index (κ2) is 7.55. The standard InChI is InChI=1S/C22H20Cl2N2O2/c1-13(27)22(25-16-4-3-5-17(12-16)28-2)26-20-8-6-14(23)10-18(20)19-11-15(24)7-9-21(19)26/h3-13,22,25,27H,1-2H3. The Bertz CT molecular complexity index is 1090. The number of nitrogens with one attached hydrogen (secondary N) is 1. The van der Waals surface area contributed by atoms with Crippen LogP contribution >= 0.6 is 23.2 Å². The van der Waals surface area contributed by atoms with Gasteiger partial charge >= 0.3 is 0 Å². The van der Waals surface area contributed by atoms with Crippen LogP contribution < -0.4 is 10.1 Å². The monoisotopic (exact) mass is 414 g/mol. The fourth-order valence-corrected chi connectivity index (χ4v) is 3.93. The molecule has 3 aromatic carbocycles. The molecule has 2 atom stereocenters. The van der Waals surface area contributed by atoms with Crippen LogP contribution in [0.4, 0.5) is 5.69 Å². The topological polar surface area (TPSA) is 46.4 Å². The SMILES string of the molecule is COc1cccc(NC(C(C)O)n2c3ccc(Cl)cc3c3cc(Cl)ccc32)c1. The molecule has 1 heterocycles. The highest BCUT2D eigenvalue weighted by Gasteiger charge is 2.23. The van der Waals surface area contributed by atoms with Crippen molar-refractivity contribution in [2.24, 2.45) is 0 Å². The zero-order chi connectivity index (χ0) is 19.8. The van der Waals surface area contributed by atoms with Crippen molar-refractivity contribution >= 4 is 50.7 Å². The van der Waals surface area contributed by atoms with E-state index in [0.717, 1.165) is 33.2 Å². The summed E-state index contributed by atoms with van der Waals surface area (Å²) in [6.45, 7) is 1.77. The van der Waals surface area contributed by atoms with E-state index in [0.29, 0.717) is 10.0 Å². The van der Waals surface area contributed by atoms with Gasteiger partial charge in [0.1, 0.15) is 11.9 Å². The maximum absolute atomic E-state index is 10.6. The molecular weight excluding hydrogens is 395 g/mol. The van der Waals surface area contributed by atoms with Gasteiger partial charge in [-0.25, -0.2) is 0 Å². The van der Waals surface area contributed by atoms with Gasteiger partial charge < -0.3 is 19.7 Å². The molecule has 0 spiro atoms. The van der Waals surface area contributed by atoms with Gasteiger partial charge in [0.2, 0.25) is 0 Å². The molecule has 4 aromatic rings. The van der Waals surface area contributed by atoms with Crippen LogP contribution in [0.3, 0.4) is 0 Å². The van der Waals surface area contributed by atoms with Gasteiger partial charge in [-0.1, -0.05) is 29.3 Å². The van der Waals surface area contributed by atoms with Crippen LogP contribution in [-0.2, 0) is 0 Å². The lowest BCUT2D eigenvalue weighted by atomic mass is 10.1.